The maximum atomic E-state index is 12.7. The maximum absolute atomic E-state index is 12.7. The second kappa shape index (κ2) is 7.84. The molecule has 10 heteroatoms. The predicted molar refractivity (Wildman–Crippen MR) is 119 cm³/mol. The van der Waals surface area contributed by atoms with Crippen LogP contribution in [0.2, 0.25) is 0 Å². The highest BCUT2D eigenvalue weighted by atomic mass is 16.2. The standard InChI is InChI=1S/C22H18N8O2/c1-30-8-7-23-20(30)18-11-19(29-28-18)27-22(32)13-3-2-4-15(9-13)26-21(31)14-5-6-16-17(10-14)25-12-24-16/h2-12H,1H3,(H,24,25)(H,26,31)(H2,27,28,29,32). The van der Waals surface area contributed by atoms with Crippen LogP contribution in [0.15, 0.2) is 67.3 Å². The van der Waals surface area contributed by atoms with Crippen molar-refractivity contribution in [3.8, 4) is 11.5 Å². The van der Waals surface area contributed by atoms with Gasteiger partial charge >= 0.3 is 0 Å². The molecule has 0 saturated heterocycles. The molecule has 5 rings (SSSR count). The highest BCUT2D eigenvalue weighted by molar-refractivity contribution is 6.08. The van der Waals surface area contributed by atoms with Crippen molar-refractivity contribution in [2.45, 2.75) is 0 Å². The molecular formula is C22H18N8O2. The minimum absolute atomic E-state index is 0.286. The normalized spacial score (nSPS) is 10.9. The van der Waals surface area contributed by atoms with Gasteiger partial charge in [-0.25, -0.2) is 9.97 Å². The van der Waals surface area contributed by atoms with Gasteiger partial charge in [-0.3, -0.25) is 14.7 Å². The van der Waals surface area contributed by atoms with Crippen molar-refractivity contribution in [3.05, 3.63) is 78.4 Å². The Morgan fingerprint density at radius 3 is 2.66 bits per heavy atom. The zero-order valence-corrected chi connectivity index (χ0v) is 17.0. The lowest BCUT2D eigenvalue weighted by molar-refractivity contribution is 0.101. The molecule has 0 fully saturated rings. The van der Waals surface area contributed by atoms with Crippen molar-refractivity contribution in [1.29, 1.82) is 0 Å². The van der Waals surface area contributed by atoms with E-state index in [-0.39, 0.29) is 11.8 Å². The molecule has 0 unspecified atom stereocenters. The molecule has 2 aromatic carbocycles. The third kappa shape index (κ3) is 3.72. The maximum Gasteiger partial charge on any atom is 0.256 e. The molecule has 158 valence electrons. The Bertz CT molecular complexity index is 1440. The minimum atomic E-state index is -0.349. The monoisotopic (exact) mass is 426 g/mol. The Balaban J connectivity index is 1.29. The van der Waals surface area contributed by atoms with Crippen molar-refractivity contribution in [3.63, 3.8) is 0 Å². The molecule has 2 amide bonds. The van der Waals surface area contributed by atoms with Crippen molar-refractivity contribution >= 4 is 34.4 Å². The van der Waals surface area contributed by atoms with E-state index in [0.717, 1.165) is 11.0 Å². The molecule has 5 aromatic rings. The number of anilines is 2. The Morgan fingerprint density at radius 2 is 1.81 bits per heavy atom. The first-order valence-electron chi connectivity index (χ1n) is 9.76. The smallest absolute Gasteiger partial charge is 0.256 e. The zero-order chi connectivity index (χ0) is 22.1. The molecule has 4 N–H and O–H groups in total. The molecule has 0 aliphatic rings. The number of benzene rings is 2. The Kier molecular flexibility index (Phi) is 4.71. The summed E-state index contributed by atoms with van der Waals surface area (Å²) in [5.41, 5.74) is 3.61. The molecule has 10 nitrogen and oxygen atoms in total. The number of carbonyl (C=O) groups is 2. The summed E-state index contributed by atoms with van der Waals surface area (Å²) < 4.78 is 1.84. The molecule has 3 heterocycles. The fourth-order valence-electron chi connectivity index (χ4n) is 3.33. The van der Waals surface area contributed by atoms with Crippen molar-refractivity contribution in [2.75, 3.05) is 10.6 Å². The van der Waals surface area contributed by atoms with Crippen LogP contribution in [-0.2, 0) is 7.05 Å². The number of H-pyrrole nitrogens is 2. The van der Waals surface area contributed by atoms with Gasteiger partial charge in [0, 0.05) is 42.3 Å². The van der Waals surface area contributed by atoms with Gasteiger partial charge in [0.25, 0.3) is 11.8 Å². The summed E-state index contributed by atoms with van der Waals surface area (Å²) in [6, 6.07) is 13.6. The summed E-state index contributed by atoms with van der Waals surface area (Å²) in [6.45, 7) is 0. The van der Waals surface area contributed by atoms with E-state index in [2.05, 4.69) is 35.8 Å². The fraction of sp³-hybridized carbons (Fsp3) is 0.0455. The van der Waals surface area contributed by atoms with E-state index in [1.54, 1.807) is 61.1 Å². The first kappa shape index (κ1) is 19.2. The molecule has 0 aliphatic heterocycles. The van der Waals surface area contributed by atoms with Crippen molar-refractivity contribution < 1.29 is 9.59 Å². The third-order valence-corrected chi connectivity index (χ3v) is 4.95. The summed E-state index contributed by atoms with van der Waals surface area (Å²) in [4.78, 5) is 36.7. The van der Waals surface area contributed by atoms with Crippen molar-refractivity contribution in [1.82, 2.24) is 29.7 Å². The van der Waals surface area contributed by atoms with E-state index in [0.29, 0.717) is 34.2 Å². The van der Waals surface area contributed by atoms with E-state index in [1.807, 2.05) is 17.8 Å². The number of fused-ring (bicyclic) bond motifs is 1. The predicted octanol–water partition coefficient (Wildman–Crippen LogP) is 3.19. The van der Waals surface area contributed by atoms with Gasteiger partial charge in [0.05, 0.1) is 17.4 Å². The number of aromatic amines is 2. The summed E-state index contributed by atoms with van der Waals surface area (Å²) in [6.07, 6.45) is 5.08. The van der Waals surface area contributed by atoms with E-state index >= 15 is 0 Å². The van der Waals surface area contributed by atoms with Crippen LogP contribution in [0.5, 0.6) is 0 Å². The summed E-state index contributed by atoms with van der Waals surface area (Å²) in [5.74, 6) is 0.440. The second-order valence-corrected chi connectivity index (χ2v) is 7.15. The SMILES string of the molecule is Cn1ccnc1-c1cc(NC(=O)c2cccc(NC(=O)c3ccc4nc[nH]c4c3)c2)n[nH]1. The number of nitrogens with zero attached hydrogens (tertiary/aromatic N) is 4. The molecule has 0 aliphatic carbocycles. The number of aryl methyl sites for hydroxylation is 1. The van der Waals surface area contributed by atoms with Crippen LogP contribution < -0.4 is 10.6 Å². The lowest BCUT2D eigenvalue weighted by atomic mass is 10.1. The average Bonchev–Trinajstić information content (AvgIpc) is 3.54. The van der Waals surface area contributed by atoms with Gasteiger partial charge in [-0.15, -0.1) is 0 Å². The number of nitrogens with one attached hydrogen (secondary N) is 4. The van der Waals surface area contributed by atoms with E-state index in [9.17, 15) is 9.59 Å². The Labute approximate surface area is 181 Å². The number of amides is 2. The number of imidazole rings is 2. The molecule has 3 aromatic heterocycles. The first-order chi connectivity index (χ1) is 15.6. The second-order valence-electron chi connectivity index (χ2n) is 7.15. The van der Waals surface area contributed by atoms with Gasteiger partial charge < -0.3 is 20.2 Å². The summed E-state index contributed by atoms with van der Waals surface area (Å²) in [7, 11) is 1.87. The molecule has 0 bridgehead atoms. The van der Waals surface area contributed by atoms with Crippen LogP contribution in [-0.4, -0.2) is 41.5 Å². The number of hydrogen-bond acceptors (Lipinski definition) is 5. The van der Waals surface area contributed by atoms with Gasteiger partial charge in [0.1, 0.15) is 5.69 Å². The van der Waals surface area contributed by atoms with Crippen LogP contribution >= 0.6 is 0 Å². The number of hydrogen-bond donors (Lipinski definition) is 4. The van der Waals surface area contributed by atoms with Crippen LogP contribution in [0.25, 0.3) is 22.6 Å². The lowest BCUT2D eigenvalue weighted by Gasteiger charge is -2.08. The van der Waals surface area contributed by atoms with Crippen LogP contribution in [0, 0.1) is 0 Å². The Morgan fingerprint density at radius 1 is 0.969 bits per heavy atom. The van der Waals surface area contributed by atoms with Gasteiger partial charge in [-0.1, -0.05) is 6.07 Å². The average molecular weight is 426 g/mol. The van der Waals surface area contributed by atoms with Gasteiger partial charge in [-0.05, 0) is 36.4 Å². The lowest BCUT2D eigenvalue weighted by Crippen LogP contribution is -2.14. The van der Waals surface area contributed by atoms with Gasteiger partial charge in [0.2, 0.25) is 0 Å². The topological polar surface area (TPSA) is 133 Å². The highest BCUT2D eigenvalue weighted by Crippen LogP contribution is 2.19. The number of carbonyl (C=O) groups excluding carboxylic acids is 2. The molecule has 0 atom stereocenters. The summed E-state index contributed by atoms with van der Waals surface area (Å²) in [5, 5.41) is 12.5. The third-order valence-electron chi connectivity index (χ3n) is 4.95. The highest BCUT2D eigenvalue weighted by Gasteiger charge is 2.13. The van der Waals surface area contributed by atoms with E-state index < -0.39 is 0 Å². The molecular weight excluding hydrogens is 408 g/mol. The van der Waals surface area contributed by atoms with Crippen LogP contribution in [0.4, 0.5) is 11.5 Å². The zero-order valence-electron chi connectivity index (χ0n) is 17.0. The molecule has 32 heavy (non-hydrogen) atoms. The fourth-order valence-corrected chi connectivity index (χ4v) is 3.33. The first-order valence-corrected chi connectivity index (χ1v) is 9.76. The molecule has 0 radical (unpaired) electrons. The quantitative estimate of drug-likeness (QED) is 0.342. The van der Waals surface area contributed by atoms with Crippen LogP contribution in [0.3, 0.4) is 0 Å². The molecule has 0 spiro atoms. The van der Waals surface area contributed by atoms with Crippen molar-refractivity contribution in [2.24, 2.45) is 7.05 Å². The number of aromatic nitrogens is 6. The van der Waals surface area contributed by atoms with E-state index in [1.165, 1.54) is 0 Å². The summed E-state index contributed by atoms with van der Waals surface area (Å²) >= 11 is 0. The van der Waals surface area contributed by atoms with Gasteiger partial charge in [0.15, 0.2) is 11.6 Å². The van der Waals surface area contributed by atoms with Gasteiger partial charge in [-0.2, -0.15) is 5.10 Å². The van der Waals surface area contributed by atoms with E-state index in [4.69, 9.17) is 0 Å². The minimum Gasteiger partial charge on any atom is -0.345 e. The largest absolute Gasteiger partial charge is 0.345 e. The number of rotatable bonds is 5. The van der Waals surface area contributed by atoms with Crippen LogP contribution in [0.1, 0.15) is 20.7 Å². The molecule has 0 saturated carbocycles. The Hall–Kier alpha value is -4.73.